The van der Waals surface area contributed by atoms with E-state index in [2.05, 4.69) is 0 Å². The van der Waals surface area contributed by atoms with Crippen molar-refractivity contribution in [2.45, 2.75) is 32.4 Å². The van der Waals surface area contributed by atoms with Crippen molar-refractivity contribution in [1.82, 2.24) is 0 Å². The standard InChI is InChI=1S/C13H19F2NO/c1-8(2)13(17-3)12(16)7-9-6-10(14)4-5-11(9)15/h4-6,8,12-13H,7,16H2,1-3H3. The van der Waals surface area contributed by atoms with Crippen molar-refractivity contribution in [3.63, 3.8) is 0 Å². The van der Waals surface area contributed by atoms with Crippen LogP contribution in [0.5, 0.6) is 0 Å². The highest BCUT2D eigenvalue weighted by molar-refractivity contribution is 5.20. The monoisotopic (exact) mass is 243 g/mol. The van der Waals surface area contributed by atoms with Crippen LogP contribution in [-0.4, -0.2) is 19.3 Å². The molecule has 2 N–H and O–H groups in total. The fourth-order valence-corrected chi connectivity index (χ4v) is 2.01. The van der Waals surface area contributed by atoms with Gasteiger partial charge in [-0.3, -0.25) is 0 Å². The molecular weight excluding hydrogens is 224 g/mol. The van der Waals surface area contributed by atoms with Crippen molar-refractivity contribution >= 4 is 0 Å². The Hall–Kier alpha value is -1.00. The molecule has 0 aliphatic rings. The van der Waals surface area contributed by atoms with Crippen molar-refractivity contribution in [1.29, 1.82) is 0 Å². The number of hydrogen-bond donors (Lipinski definition) is 1. The van der Waals surface area contributed by atoms with E-state index in [0.29, 0.717) is 5.56 Å². The average molecular weight is 243 g/mol. The Morgan fingerprint density at radius 2 is 1.94 bits per heavy atom. The summed E-state index contributed by atoms with van der Waals surface area (Å²) in [6, 6.07) is 3.05. The first kappa shape index (κ1) is 14.1. The summed E-state index contributed by atoms with van der Waals surface area (Å²) in [7, 11) is 1.58. The van der Waals surface area contributed by atoms with Gasteiger partial charge in [0.15, 0.2) is 0 Å². The number of nitrogens with two attached hydrogens (primary N) is 1. The average Bonchev–Trinajstić information content (AvgIpc) is 2.24. The summed E-state index contributed by atoms with van der Waals surface area (Å²) in [6.07, 6.45) is 0.0953. The Kier molecular flexibility index (Phi) is 5.02. The van der Waals surface area contributed by atoms with E-state index < -0.39 is 11.6 Å². The molecule has 1 aromatic rings. The van der Waals surface area contributed by atoms with Crippen LogP contribution in [0.3, 0.4) is 0 Å². The van der Waals surface area contributed by atoms with Crippen molar-refractivity contribution in [3.05, 3.63) is 35.4 Å². The van der Waals surface area contributed by atoms with E-state index in [4.69, 9.17) is 10.5 Å². The predicted octanol–water partition coefficient (Wildman–Crippen LogP) is 2.51. The van der Waals surface area contributed by atoms with Crippen LogP contribution in [0.25, 0.3) is 0 Å². The van der Waals surface area contributed by atoms with Crippen LogP contribution in [0.4, 0.5) is 8.78 Å². The van der Waals surface area contributed by atoms with Gasteiger partial charge in [0.25, 0.3) is 0 Å². The highest BCUT2D eigenvalue weighted by atomic mass is 19.1. The van der Waals surface area contributed by atoms with E-state index in [1.807, 2.05) is 13.8 Å². The number of halogens is 2. The number of methoxy groups -OCH3 is 1. The minimum Gasteiger partial charge on any atom is -0.380 e. The van der Waals surface area contributed by atoms with Gasteiger partial charge in [-0.2, -0.15) is 0 Å². The van der Waals surface area contributed by atoms with Crippen LogP contribution in [0.15, 0.2) is 18.2 Å². The second-order valence-electron chi connectivity index (χ2n) is 4.55. The van der Waals surface area contributed by atoms with Crippen LogP contribution in [0.2, 0.25) is 0 Å². The van der Waals surface area contributed by atoms with E-state index in [1.165, 1.54) is 6.07 Å². The van der Waals surface area contributed by atoms with E-state index in [-0.39, 0.29) is 24.5 Å². The largest absolute Gasteiger partial charge is 0.380 e. The highest BCUT2D eigenvalue weighted by Gasteiger charge is 2.22. The van der Waals surface area contributed by atoms with E-state index in [9.17, 15) is 8.78 Å². The second-order valence-corrected chi connectivity index (χ2v) is 4.55. The molecule has 2 unspecified atom stereocenters. The van der Waals surface area contributed by atoms with Gasteiger partial charge in [0.05, 0.1) is 6.10 Å². The summed E-state index contributed by atoms with van der Waals surface area (Å²) in [5.41, 5.74) is 6.26. The number of rotatable bonds is 5. The maximum Gasteiger partial charge on any atom is 0.126 e. The van der Waals surface area contributed by atoms with Gasteiger partial charge in [0.1, 0.15) is 11.6 Å². The third-order valence-corrected chi connectivity index (χ3v) is 2.81. The molecule has 0 saturated heterocycles. The SMILES string of the molecule is COC(C(C)C)C(N)Cc1cc(F)ccc1F. The van der Waals surface area contributed by atoms with Gasteiger partial charge in [-0.15, -0.1) is 0 Å². The molecule has 2 atom stereocenters. The van der Waals surface area contributed by atoms with Gasteiger partial charge in [-0.25, -0.2) is 8.78 Å². The molecule has 96 valence electrons. The van der Waals surface area contributed by atoms with Gasteiger partial charge < -0.3 is 10.5 Å². The summed E-state index contributed by atoms with van der Waals surface area (Å²) >= 11 is 0. The van der Waals surface area contributed by atoms with Gasteiger partial charge >= 0.3 is 0 Å². The zero-order valence-corrected chi connectivity index (χ0v) is 10.4. The molecule has 0 fully saturated rings. The molecule has 0 amide bonds. The van der Waals surface area contributed by atoms with Gasteiger partial charge in [0.2, 0.25) is 0 Å². The Morgan fingerprint density at radius 1 is 1.29 bits per heavy atom. The number of ether oxygens (including phenoxy) is 1. The molecule has 4 heteroatoms. The lowest BCUT2D eigenvalue weighted by atomic mass is 9.94. The Labute approximate surface area is 101 Å². The molecule has 0 aliphatic carbocycles. The smallest absolute Gasteiger partial charge is 0.126 e. The van der Waals surface area contributed by atoms with E-state index in [1.54, 1.807) is 7.11 Å². The lowest BCUT2D eigenvalue weighted by Gasteiger charge is -2.26. The quantitative estimate of drug-likeness (QED) is 0.862. The van der Waals surface area contributed by atoms with Gasteiger partial charge in [-0.1, -0.05) is 13.8 Å². The predicted molar refractivity (Wildman–Crippen MR) is 63.7 cm³/mol. The Morgan fingerprint density at radius 3 is 2.47 bits per heavy atom. The molecule has 0 spiro atoms. The highest BCUT2D eigenvalue weighted by Crippen LogP contribution is 2.16. The normalized spacial score (nSPS) is 15.0. The maximum absolute atomic E-state index is 13.4. The third kappa shape index (κ3) is 3.75. The topological polar surface area (TPSA) is 35.2 Å². The van der Waals surface area contributed by atoms with Gasteiger partial charge in [0, 0.05) is 13.2 Å². The fraction of sp³-hybridized carbons (Fsp3) is 0.538. The molecule has 0 aromatic heterocycles. The van der Waals surface area contributed by atoms with Crippen LogP contribution < -0.4 is 5.73 Å². The zero-order valence-electron chi connectivity index (χ0n) is 10.4. The van der Waals surface area contributed by atoms with E-state index in [0.717, 1.165) is 12.1 Å². The van der Waals surface area contributed by atoms with Crippen LogP contribution in [-0.2, 0) is 11.2 Å². The summed E-state index contributed by atoms with van der Waals surface area (Å²) in [6.45, 7) is 3.96. The number of hydrogen-bond acceptors (Lipinski definition) is 2. The molecule has 1 rings (SSSR count). The molecule has 0 aliphatic heterocycles. The van der Waals surface area contributed by atoms with Crippen LogP contribution in [0.1, 0.15) is 19.4 Å². The van der Waals surface area contributed by atoms with E-state index >= 15 is 0 Å². The molecule has 0 heterocycles. The first-order valence-electron chi connectivity index (χ1n) is 5.68. The molecule has 17 heavy (non-hydrogen) atoms. The van der Waals surface area contributed by atoms with Crippen molar-refractivity contribution < 1.29 is 13.5 Å². The molecule has 1 aromatic carbocycles. The third-order valence-electron chi connectivity index (χ3n) is 2.81. The summed E-state index contributed by atoms with van der Waals surface area (Å²) < 4.78 is 31.7. The first-order chi connectivity index (χ1) is 7.95. The van der Waals surface area contributed by atoms with Crippen LogP contribution in [0, 0.1) is 17.6 Å². The molecule has 0 saturated carbocycles. The molecular formula is C13H19F2NO. The zero-order chi connectivity index (χ0) is 13.0. The van der Waals surface area contributed by atoms with Crippen molar-refractivity contribution in [2.75, 3.05) is 7.11 Å². The fourth-order valence-electron chi connectivity index (χ4n) is 2.01. The maximum atomic E-state index is 13.4. The summed E-state index contributed by atoms with van der Waals surface area (Å²) in [4.78, 5) is 0. The lowest BCUT2D eigenvalue weighted by Crippen LogP contribution is -2.41. The minimum absolute atomic E-state index is 0.169. The van der Waals surface area contributed by atoms with Crippen LogP contribution >= 0.6 is 0 Å². The molecule has 0 radical (unpaired) electrons. The summed E-state index contributed by atoms with van der Waals surface area (Å²) in [5.74, 6) is -0.654. The first-order valence-corrected chi connectivity index (χ1v) is 5.68. The number of benzene rings is 1. The van der Waals surface area contributed by atoms with Crippen molar-refractivity contribution in [3.8, 4) is 0 Å². The Bertz CT molecular complexity index is 368. The van der Waals surface area contributed by atoms with Gasteiger partial charge in [-0.05, 0) is 36.1 Å². The molecule has 2 nitrogen and oxygen atoms in total. The molecule has 0 bridgehead atoms. The summed E-state index contributed by atoms with van der Waals surface area (Å²) in [5, 5.41) is 0. The second kappa shape index (κ2) is 6.07. The van der Waals surface area contributed by atoms with Crippen molar-refractivity contribution in [2.24, 2.45) is 11.7 Å². The Balaban J connectivity index is 2.79. The lowest BCUT2D eigenvalue weighted by molar-refractivity contribution is 0.0439. The minimum atomic E-state index is -0.452.